The highest BCUT2D eigenvalue weighted by atomic mass is 35.5. The smallest absolute Gasteiger partial charge is 0.225 e. The second-order valence-electron chi connectivity index (χ2n) is 7.39. The lowest BCUT2D eigenvalue weighted by atomic mass is 10.1. The minimum Gasteiger partial charge on any atom is -0.383 e. The summed E-state index contributed by atoms with van der Waals surface area (Å²) in [6.45, 7) is 1.38. The van der Waals surface area contributed by atoms with Crippen LogP contribution < -0.4 is 11.1 Å². The lowest BCUT2D eigenvalue weighted by Crippen LogP contribution is -2.19. The first-order valence-corrected chi connectivity index (χ1v) is 10.4. The number of halogens is 2. The molecule has 0 saturated carbocycles. The highest BCUT2D eigenvalue weighted by Crippen LogP contribution is 2.33. The molecule has 3 N–H and O–H groups in total. The van der Waals surface area contributed by atoms with Gasteiger partial charge >= 0.3 is 0 Å². The number of nitrogens with two attached hydrogens (primary N) is 1. The molecule has 0 spiro atoms. The number of nitrogens with zero attached hydrogens (tertiary/aromatic N) is 4. The van der Waals surface area contributed by atoms with E-state index in [2.05, 4.69) is 15.4 Å². The quantitative estimate of drug-likeness (QED) is 0.478. The van der Waals surface area contributed by atoms with Crippen LogP contribution in [0.3, 0.4) is 0 Å². The molecule has 1 saturated heterocycles. The van der Waals surface area contributed by atoms with Gasteiger partial charge in [0.05, 0.1) is 22.9 Å². The molecule has 1 aliphatic heterocycles. The van der Waals surface area contributed by atoms with Crippen molar-refractivity contribution in [2.24, 2.45) is 0 Å². The maximum atomic E-state index is 13.8. The molecular weight excluding hydrogens is 419 g/mol. The van der Waals surface area contributed by atoms with Crippen molar-refractivity contribution in [3.8, 4) is 16.9 Å². The first-order chi connectivity index (χ1) is 15.1. The summed E-state index contributed by atoms with van der Waals surface area (Å²) in [5.74, 6) is 0.382. The van der Waals surface area contributed by atoms with Crippen molar-refractivity contribution in [3.05, 3.63) is 59.4 Å². The van der Waals surface area contributed by atoms with E-state index in [1.165, 1.54) is 16.8 Å². The summed E-state index contributed by atoms with van der Waals surface area (Å²) >= 11 is 6.07. The van der Waals surface area contributed by atoms with Crippen LogP contribution in [0.5, 0.6) is 0 Å². The normalized spacial score (nSPS) is 16.1. The van der Waals surface area contributed by atoms with Gasteiger partial charge in [0.2, 0.25) is 5.95 Å². The summed E-state index contributed by atoms with van der Waals surface area (Å²) in [5, 5.41) is 9.01. The molecule has 9 heteroatoms. The zero-order valence-corrected chi connectivity index (χ0v) is 17.3. The van der Waals surface area contributed by atoms with Crippen LogP contribution in [0, 0.1) is 5.82 Å². The summed E-state index contributed by atoms with van der Waals surface area (Å²) in [7, 11) is 0. The number of benzene rings is 2. The first-order valence-electron chi connectivity index (χ1n) is 10.0. The second kappa shape index (κ2) is 8.13. The van der Waals surface area contributed by atoms with Gasteiger partial charge in [-0.3, -0.25) is 0 Å². The van der Waals surface area contributed by atoms with Crippen LogP contribution in [-0.4, -0.2) is 39.0 Å². The molecule has 0 radical (unpaired) electrons. The highest BCUT2D eigenvalue weighted by Gasteiger charge is 2.21. The molecule has 1 atom stereocenters. The molecular formula is C22H20ClFN6O. The number of anilines is 2. The highest BCUT2D eigenvalue weighted by molar-refractivity contribution is 6.30. The van der Waals surface area contributed by atoms with Crippen molar-refractivity contribution in [2.75, 3.05) is 24.2 Å². The van der Waals surface area contributed by atoms with E-state index in [0.29, 0.717) is 45.7 Å². The maximum Gasteiger partial charge on any atom is 0.225 e. The number of aromatic nitrogens is 4. The second-order valence-corrected chi connectivity index (χ2v) is 7.83. The van der Waals surface area contributed by atoms with Crippen LogP contribution in [0.2, 0.25) is 5.02 Å². The average Bonchev–Trinajstić information content (AvgIpc) is 3.40. The lowest BCUT2D eigenvalue weighted by molar-refractivity contribution is 0.120. The fourth-order valence-corrected chi connectivity index (χ4v) is 3.85. The molecule has 2 aromatic carbocycles. The number of fused-ring (bicyclic) bond motifs is 1. The molecule has 2 aromatic heterocycles. The van der Waals surface area contributed by atoms with Crippen molar-refractivity contribution in [1.82, 2.24) is 19.7 Å². The predicted octanol–water partition coefficient (Wildman–Crippen LogP) is 4.45. The first kappa shape index (κ1) is 19.7. The summed E-state index contributed by atoms with van der Waals surface area (Å²) < 4.78 is 20.9. The van der Waals surface area contributed by atoms with Crippen molar-refractivity contribution in [3.63, 3.8) is 0 Å². The monoisotopic (exact) mass is 438 g/mol. The average molecular weight is 439 g/mol. The van der Waals surface area contributed by atoms with Crippen LogP contribution in [0.1, 0.15) is 12.8 Å². The van der Waals surface area contributed by atoms with Gasteiger partial charge in [-0.1, -0.05) is 29.8 Å². The van der Waals surface area contributed by atoms with Crippen molar-refractivity contribution in [2.45, 2.75) is 18.9 Å². The lowest BCUT2D eigenvalue weighted by Gasteiger charge is -2.12. The van der Waals surface area contributed by atoms with E-state index in [1.54, 1.807) is 24.3 Å². The van der Waals surface area contributed by atoms with Crippen molar-refractivity contribution < 1.29 is 9.13 Å². The van der Waals surface area contributed by atoms with E-state index < -0.39 is 0 Å². The van der Waals surface area contributed by atoms with Crippen LogP contribution >= 0.6 is 11.6 Å². The van der Waals surface area contributed by atoms with Crippen LogP contribution in [0.15, 0.2) is 48.5 Å². The summed E-state index contributed by atoms with van der Waals surface area (Å²) in [4.78, 5) is 9.28. The van der Waals surface area contributed by atoms with E-state index >= 15 is 0 Å². The fourth-order valence-electron chi connectivity index (χ4n) is 3.72. The standard InChI is InChI=1S/C22H20ClFN6O/c23-14-8-6-13(7-9-14)19-18-20(25)30(16-4-1-3-15(24)11-16)29-21(18)28-22(27-19)26-12-17-5-2-10-31-17/h1,3-4,6-9,11,17H,2,5,10,12,25H2,(H,26,28,29)/t17-/m0/s1. The Kier molecular flexibility index (Phi) is 5.17. The molecule has 5 rings (SSSR count). The molecule has 0 amide bonds. The molecule has 0 unspecified atom stereocenters. The Bertz CT molecular complexity index is 1240. The van der Waals surface area contributed by atoms with E-state index in [4.69, 9.17) is 27.1 Å². The number of nitrogens with one attached hydrogen (secondary N) is 1. The Balaban J connectivity index is 1.63. The van der Waals surface area contributed by atoms with Crippen LogP contribution in [0.4, 0.5) is 16.2 Å². The molecule has 158 valence electrons. The van der Waals surface area contributed by atoms with Crippen molar-refractivity contribution >= 4 is 34.4 Å². The van der Waals surface area contributed by atoms with Gasteiger partial charge in [0.25, 0.3) is 0 Å². The summed E-state index contributed by atoms with van der Waals surface area (Å²) in [5.41, 5.74) is 8.81. The summed E-state index contributed by atoms with van der Waals surface area (Å²) in [6.07, 6.45) is 2.19. The third kappa shape index (κ3) is 3.92. The minimum atomic E-state index is -0.376. The molecule has 7 nitrogen and oxygen atoms in total. The Morgan fingerprint density at radius 2 is 2.03 bits per heavy atom. The van der Waals surface area contributed by atoms with Gasteiger partial charge in [0.15, 0.2) is 5.65 Å². The SMILES string of the molecule is Nc1c2c(-c3ccc(Cl)cc3)nc(NC[C@@H]3CCCO3)nc2nn1-c1cccc(F)c1. The number of nitrogen functional groups attached to an aromatic ring is 1. The molecule has 1 aliphatic rings. The third-order valence-electron chi connectivity index (χ3n) is 5.25. The van der Waals surface area contributed by atoms with Gasteiger partial charge in [-0.15, -0.1) is 5.10 Å². The van der Waals surface area contributed by atoms with Gasteiger partial charge in [0.1, 0.15) is 11.6 Å². The van der Waals surface area contributed by atoms with E-state index in [0.717, 1.165) is 25.0 Å². The van der Waals surface area contributed by atoms with Crippen molar-refractivity contribution in [1.29, 1.82) is 0 Å². The molecule has 0 bridgehead atoms. The fraction of sp³-hybridized carbons (Fsp3) is 0.227. The zero-order chi connectivity index (χ0) is 21.4. The number of hydrogen-bond acceptors (Lipinski definition) is 6. The summed E-state index contributed by atoms with van der Waals surface area (Å²) in [6, 6.07) is 13.4. The van der Waals surface area contributed by atoms with Gasteiger partial charge in [-0.2, -0.15) is 4.98 Å². The zero-order valence-electron chi connectivity index (χ0n) is 16.6. The van der Waals surface area contributed by atoms with Gasteiger partial charge in [0, 0.05) is 23.7 Å². The number of rotatable bonds is 5. The van der Waals surface area contributed by atoms with E-state index in [1.807, 2.05) is 12.1 Å². The van der Waals surface area contributed by atoms with Crippen LogP contribution in [-0.2, 0) is 4.74 Å². The Morgan fingerprint density at radius 1 is 1.19 bits per heavy atom. The Hall–Kier alpha value is -3.23. The molecule has 1 fully saturated rings. The number of hydrogen-bond donors (Lipinski definition) is 2. The topological polar surface area (TPSA) is 90.9 Å². The molecule has 4 aromatic rings. The predicted molar refractivity (Wildman–Crippen MR) is 119 cm³/mol. The van der Waals surface area contributed by atoms with Gasteiger partial charge in [-0.25, -0.2) is 14.1 Å². The van der Waals surface area contributed by atoms with Crippen LogP contribution in [0.25, 0.3) is 28.0 Å². The minimum absolute atomic E-state index is 0.133. The largest absolute Gasteiger partial charge is 0.383 e. The molecule has 3 heterocycles. The van der Waals surface area contributed by atoms with E-state index in [9.17, 15) is 4.39 Å². The number of ether oxygens (including phenoxy) is 1. The van der Waals surface area contributed by atoms with Gasteiger partial charge < -0.3 is 15.8 Å². The molecule has 0 aliphatic carbocycles. The maximum absolute atomic E-state index is 13.8. The van der Waals surface area contributed by atoms with E-state index in [-0.39, 0.29) is 11.9 Å². The third-order valence-corrected chi connectivity index (χ3v) is 5.50. The van der Waals surface area contributed by atoms with Gasteiger partial charge in [-0.05, 0) is 43.2 Å². The Labute approximate surface area is 183 Å². The molecule has 31 heavy (non-hydrogen) atoms. The Morgan fingerprint density at radius 3 is 2.77 bits per heavy atom.